The lowest BCUT2D eigenvalue weighted by Gasteiger charge is -2.24. The Balaban J connectivity index is 2.53. The Labute approximate surface area is 109 Å². The lowest BCUT2D eigenvalue weighted by Crippen LogP contribution is -2.45. The first kappa shape index (κ1) is 14.9. The summed E-state index contributed by atoms with van der Waals surface area (Å²) < 4.78 is 11.2. The fraction of sp³-hybridized carbons (Fsp3) is 0.818. The zero-order chi connectivity index (χ0) is 13.5. The third-order valence-electron chi connectivity index (χ3n) is 3.10. The van der Waals surface area contributed by atoms with E-state index in [0.717, 1.165) is 19.3 Å². The Morgan fingerprint density at radius 1 is 1.56 bits per heavy atom. The molecule has 1 aliphatic heterocycles. The summed E-state index contributed by atoms with van der Waals surface area (Å²) in [6, 6.07) is 0.0565. The first-order chi connectivity index (χ1) is 8.58. The number of hydrogen-bond donors (Lipinski definition) is 3. The molecule has 1 rings (SSSR count). The van der Waals surface area contributed by atoms with E-state index in [2.05, 4.69) is 10.5 Å². The highest BCUT2D eigenvalue weighted by Crippen LogP contribution is 2.12. The van der Waals surface area contributed by atoms with Crippen molar-refractivity contribution >= 4 is 22.5 Å². The molecule has 0 aromatic carbocycles. The summed E-state index contributed by atoms with van der Waals surface area (Å²) in [4.78, 5) is 12.0. The van der Waals surface area contributed by atoms with Crippen LogP contribution in [0.15, 0.2) is 5.16 Å². The predicted octanol–water partition coefficient (Wildman–Crippen LogP) is 0.176. The molecule has 18 heavy (non-hydrogen) atoms. The van der Waals surface area contributed by atoms with Gasteiger partial charge >= 0.3 is 0 Å². The van der Waals surface area contributed by atoms with Crippen LogP contribution in [-0.4, -0.2) is 38.7 Å². The van der Waals surface area contributed by atoms with Gasteiger partial charge in [0, 0.05) is 28.3 Å². The summed E-state index contributed by atoms with van der Waals surface area (Å²) in [5, 5.41) is 14.5. The molecule has 1 atom stereocenters. The molecular formula is C11H21N3O3S. The topological polar surface area (TPSA) is 105 Å². The third-order valence-corrected chi connectivity index (χ3v) is 4.48. The summed E-state index contributed by atoms with van der Waals surface area (Å²) in [5.41, 5.74) is 5.52. The summed E-state index contributed by atoms with van der Waals surface area (Å²) in [6.07, 6.45) is 2.80. The Bertz CT molecular complexity index is 336. The Morgan fingerprint density at radius 3 is 2.67 bits per heavy atom. The van der Waals surface area contributed by atoms with Crippen molar-refractivity contribution in [3.63, 3.8) is 0 Å². The van der Waals surface area contributed by atoms with Crippen molar-refractivity contribution in [3.05, 3.63) is 0 Å². The van der Waals surface area contributed by atoms with Gasteiger partial charge in [0.15, 0.2) is 5.84 Å². The molecule has 0 radical (unpaired) electrons. The Morgan fingerprint density at radius 2 is 2.17 bits per heavy atom. The largest absolute Gasteiger partial charge is 0.409 e. The third kappa shape index (κ3) is 4.29. The number of nitrogens with two attached hydrogens (primary N) is 1. The molecule has 0 saturated carbocycles. The fourth-order valence-corrected chi connectivity index (χ4v) is 3.31. The highest BCUT2D eigenvalue weighted by Gasteiger charge is 2.26. The van der Waals surface area contributed by atoms with Gasteiger partial charge in [0.1, 0.15) is 0 Å². The average Bonchev–Trinajstić information content (AvgIpc) is 2.37. The molecule has 104 valence electrons. The normalized spacial score (nSPS) is 26.6. The van der Waals surface area contributed by atoms with Crippen molar-refractivity contribution in [1.82, 2.24) is 5.32 Å². The van der Waals surface area contributed by atoms with Crippen LogP contribution in [0.4, 0.5) is 0 Å². The van der Waals surface area contributed by atoms with E-state index in [0.29, 0.717) is 17.9 Å². The maximum absolute atomic E-state index is 12.0. The highest BCUT2D eigenvalue weighted by atomic mass is 32.2. The fourth-order valence-electron chi connectivity index (χ4n) is 2.01. The monoisotopic (exact) mass is 275 g/mol. The number of rotatable bonds is 5. The van der Waals surface area contributed by atoms with Crippen molar-refractivity contribution in [3.8, 4) is 0 Å². The number of hydrogen-bond acceptors (Lipinski definition) is 4. The standard InChI is InChI=1S/C11H21N3O3S/c1-2-3-9(10(12)14-16)11(15)13-8-4-6-18(17)7-5-8/h8-9,16H,2-7H2,1H3,(H2,12,14)(H,13,15). The van der Waals surface area contributed by atoms with Crippen LogP contribution in [0.3, 0.4) is 0 Å². The highest BCUT2D eigenvalue weighted by molar-refractivity contribution is 7.85. The molecule has 0 bridgehead atoms. The van der Waals surface area contributed by atoms with E-state index in [-0.39, 0.29) is 17.8 Å². The molecule has 6 nitrogen and oxygen atoms in total. The van der Waals surface area contributed by atoms with Gasteiger partial charge in [-0.1, -0.05) is 18.5 Å². The van der Waals surface area contributed by atoms with Crippen LogP contribution in [0, 0.1) is 5.92 Å². The van der Waals surface area contributed by atoms with Gasteiger partial charge in [-0.3, -0.25) is 9.00 Å². The van der Waals surface area contributed by atoms with E-state index in [1.54, 1.807) is 0 Å². The maximum atomic E-state index is 12.0. The molecule has 1 unspecified atom stereocenters. The Hall–Kier alpha value is -1.11. The molecule has 1 saturated heterocycles. The van der Waals surface area contributed by atoms with Crippen LogP contribution in [0.2, 0.25) is 0 Å². The lowest BCUT2D eigenvalue weighted by atomic mass is 10.0. The van der Waals surface area contributed by atoms with Crippen molar-refractivity contribution in [1.29, 1.82) is 0 Å². The minimum atomic E-state index is -0.740. The predicted molar refractivity (Wildman–Crippen MR) is 70.8 cm³/mol. The number of carbonyl (C=O) groups is 1. The molecule has 0 aromatic rings. The minimum absolute atomic E-state index is 0.0475. The molecule has 1 aliphatic rings. The second-order valence-corrected chi connectivity index (χ2v) is 6.19. The molecule has 1 heterocycles. The zero-order valence-electron chi connectivity index (χ0n) is 10.6. The number of carbonyl (C=O) groups excluding carboxylic acids is 1. The van der Waals surface area contributed by atoms with Crippen LogP contribution >= 0.6 is 0 Å². The molecular weight excluding hydrogens is 254 g/mol. The van der Waals surface area contributed by atoms with Crippen molar-refractivity contribution < 1.29 is 14.2 Å². The van der Waals surface area contributed by atoms with Crippen LogP contribution < -0.4 is 11.1 Å². The molecule has 0 aromatic heterocycles. The van der Waals surface area contributed by atoms with Crippen LogP contribution in [-0.2, 0) is 15.6 Å². The van der Waals surface area contributed by atoms with Gasteiger partial charge in [0.25, 0.3) is 0 Å². The molecule has 1 amide bonds. The van der Waals surface area contributed by atoms with Gasteiger partial charge in [-0.2, -0.15) is 0 Å². The zero-order valence-corrected chi connectivity index (χ0v) is 11.4. The van der Waals surface area contributed by atoms with E-state index >= 15 is 0 Å². The van der Waals surface area contributed by atoms with Crippen molar-refractivity contribution in [2.75, 3.05) is 11.5 Å². The van der Waals surface area contributed by atoms with Crippen molar-refractivity contribution in [2.45, 2.75) is 38.6 Å². The molecule has 7 heteroatoms. The molecule has 1 fully saturated rings. The summed E-state index contributed by atoms with van der Waals surface area (Å²) >= 11 is 0. The van der Waals surface area contributed by atoms with E-state index in [9.17, 15) is 9.00 Å². The van der Waals surface area contributed by atoms with E-state index in [1.165, 1.54) is 0 Å². The molecule has 4 N–H and O–H groups in total. The summed E-state index contributed by atoms with van der Waals surface area (Å²) in [5.74, 6) is 0.436. The average molecular weight is 275 g/mol. The van der Waals surface area contributed by atoms with Gasteiger partial charge < -0.3 is 16.3 Å². The van der Waals surface area contributed by atoms with Gasteiger partial charge in [-0.15, -0.1) is 0 Å². The summed E-state index contributed by atoms with van der Waals surface area (Å²) in [6.45, 7) is 1.94. The second kappa shape index (κ2) is 7.35. The smallest absolute Gasteiger partial charge is 0.231 e. The van der Waals surface area contributed by atoms with Gasteiger partial charge in [0.05, 0.1) is 5.92 Å². The number of oxime groups is 1. The number of nitrogens with zero attached hydrogens (tertiary/aromatic N) is 1. The Kier molecular flexibility index (Phi) is 6.11. The quantitative estimate of drug-likeness (QED) is 0.288. The molecule has 0 aliphatic carbocycles. The first-order valence-electron chi connectivity index (χ1n) is 6.21. The molecule has 0 spiro atoms. The SMILES string of the molecule is CCCC(C(=O)NC1CCS(=O)CC1)C(N)=NO. The van der Waals surface area contributed by atoms with Crippen LogP contribution in [0.1, 0.15) is 32.6 Å². The van der Waals surface area contributed by atoms with E-state index < -0.39 is 16.7 Å². The van der Waals surface area contributed by atoms with Gasteiger partial charge in [-0.05, 0) is 19.3 Å². The second-order valence-electron chi connectivity index (χ2n) is 4.50. The van der Waals surface area contributed by atoms with Crippen molar-refractivity contribution in [2.24, 2.45) is 16.8 Å². The van der Waals surface area contributed by atoms with E-state index in [1.807, 2.05) is 6.92 Å². The number of amides is 1. The van der Waals surface area contributed by atoms with Crippen LogP contribution in [0.25, 0.3) is 0 Å². The number of amidine groups is 1. The maximum Gasteiger partial charge on any atom is 0.231 e. The minimum Gasteiger partial charge on any atom is -0.409 e. The van der Waals surface area contributed by atoms with Gasteiger partial charge in [-0.25, -0.2) is 0 Å². The van der Waals surface area contributed by atoms with Crippen LogP contribution in [0.5, 0.6) is 0 Å². The number of nitrogens with one attached hydrogen (secondary N) is 1. The van der Waals surface area contributed by atoms with Gasteiger partial charge in [0.2, 0.25) is 5.91 Å². The summed E-state index contributed by atoms with van der Waals surface area (Å²) in [7, 11) is -0.740. The first-order valence-corrected chi connectivity index (χ1v) is 7.70. The lowest BCUT2D eigenvalue weighted by molar-refractivity contribution is -0.124. The van der Waals surface area contributed by atoms with E-state index in [4.69, 9.17) is 10.9 Å².